The van der Waals surface area contributed by atoms with E-state index in [1.54, 1.807) is 0 Å². The third-order valence-corrected chi connectivity index (χ3v) is 2.98. The zero-order valence-corrected chi connectivity index (χ0v) is 12.5. The van der Waals surface area contributed by atoms with Gasteiger partial charge in [0, 0.05) is 11.7 Å². The summed E-state index contributed by atoms with van der Waals surface area (Å²) in [7, 11) is 0. The molecule has 0 aliphatic heterocycles. The maximum atomic E-state index is 11.8. The van der Waals surface area contributed by atoms with Crippen LogP contribution in [0.5, 0.6) is 0 Å². The van der Waals surface area contributed by atoms with E-state index < -0.39 is 0 Å². The Morgan fingerprint density at radius 2 is 1.79 bits per heavy atom. The Labute approximate surface area is 116 Å². The Kier molecular flexibility index (Phi) is 6.40. The molecule has 1 atom stereocenters. The Bertz CT molecular complexity index is 384. The standard InChI is InChI=1S/C16H26N2O/c1-5-6-7-14-8-10-15(11-9-14)18-13(4)16(19)17-12(2)3/h8-13,18H,5-7H2,1-4H3,(H,17,19). The zero-order valence-electron chi connectivity index (χ0n) is 12.5. The van der Waals surface area contributed by atoms with Crippen LogP contribution in [0.4, 0.5) is 5.69 Å². The highest BCUT2D eigenvalue weighted by atomic mass is 16.2. The number of benzene rings is 1. The molecule has 1 amide bonds. The number of carbonyl (C=O) groups excluding carboxylic acids is 1. The number of rotatable bonds is 7. The summed E-state index contributed by atoms with van der Waals surface area (Å²) in [6.07, 6.45) is 3.56. The molecule has 106 valence electrons. The fraction of sp³-hybridized carbons (Fsp3) is 0.562. The van der Waals surface area contributed by atoms with Crippen molar-refractivity contribution in [2.75, 3.05) is 5.32 Å². The van der Waals surface area contributed by atoms with Gasteiger partial charge in [-0.1, -0.05) is 25.5 Å². The lowest BCUT2D eigenvalue weighted by molar-refractivity contribution is -0.122. The SMILES string of the molecule is CCCCc1ccc(NC(C)C(=O)NC(C)C)cc1. The molecule has 19 heavy (non-hydrogen) atoms. The average Bonchev–Trinajstić information content (AvgIpc) is 2.37. The molecule has 0 aliphatic carbocycles. The number of amides is 1. The molecule has 2 N–H and O–H groups in total. The van der Waals surface area contributed by atoms with E-state index in [1.165, 1.54) is 18.4 Å². The molecular formula is C16H26N2O. The van der Waals surface area contributed by atoms with Gasteiger partial charge in [0.1, 0.15) is 6.04 Å². The largest absolute Gasteiger partial charge is 0.374 e. The van der Waals surface area contributed by atoms with Crippen molar-refractivity contribution < 1.29 is 4.79 Å². The van der Waals surface area contributed by atoms with Gasteiger partial charge in [0.05, 0.1) is 0 Å². The summed E-state index contributed by atoms with van der Waals surface area (Å²) < 4.78 is 0. The van der Waals surface area contributed by atoms with E-state index in [9.17, 15) is 4.79 Å². The van der Waals surface area contributed by atoms with Gasteiger partial charge in [-0.25, -0.2) is 0 Å². The summed E-state index contributed by atoms with van der Waals surface area (Å²) in [6.45, 7) is 8.01. The van der Waals surface area contributed by atoms with Crippen LogP contribution in [-0.2, 0) is 11.2 Å². The van der Waals surface area contributed by atoms with Crippen LogP contribution in [0, 0.1) is 0 Å². The first-order chi connectivity index (χ1) is 9.02. The van der Waals surface area contributed by atoms with Crippen molar-refractivity contribution in [2.24, 2.45) is 0 Å². The average molecular weight is 262 g/mol. The maximum absolute atomic E-state index is 11.8. The van der Waals surface area contributed by atoms with E-state index >= 15 is 0 Å². The van der Waals surface area contributed by atoms with Crippen LogP contribution in [0.15, 0.2) is 24.3 Å². The minimum absolute atomic E-state index is 0.0325. The molecule has 0 saturated heterocycles. The number of hydrogen-bond acceptors (Lipinski definition) is 2. The van der Waals surface area contributed by atoms with Crippen molar-refractivity contribution in [2.45, 2.75) is 59.0 Å². The van der Waals surface area contributed by atoms with E-state index in [2.05, 4.69) is 29.7 Å². The first-order valence-electron chi connectivity index (χ1n) is 7.18. The predicted molar refractivity (Wildman–Crippen MR) is 81.4 cm³/mol. The van der Waals surface area contributed by atoms with Crippen LogP contribution in [0.2, 0.25) is 0 Å². The smallest absolute Gasteiger partial charge is 0.242 e. The normalized spacial score (nSPS) is 12.3. The summed E-state index contributed by atoms with van der Waals surface area (Å²) >= 11 is 0. The van der Waals surface area contributed by atoms with Crippen LogP contribution >= 0.6 is 0 Å². The van der Waals surface area contributed by atoms with Crippen LogP contribution in [0.25, 0.3) is 0 Å². The fourth-order valence-corrected chi connectivity index (χ4v) is 1.87. The van der Waals surface area contributed by atoms with Crippen molar-refractivity contribution in [1.82, 2.24) is 5.32 Å². The van der Waals surface area contributed by atoms with Gasteiger partial charge in [-0.2, -0.15) is 0 Å². The van der Waals surface area contributed by atoms with Gasteiger partial charge in [0.15, 0.2) is 0 Å². The Hall–Kier alpha value is -1.51. The molecule has 0 aromatic heterocycles. The Balaban J connectivity index is 2.50. The number of aryl methyl sites for hydroxylation is 1. The van der Waals surface area contributed by atoms with Crippen molar-refractivity contribution in [3.63, 3.8) is 0 Å². The summed E-state index contributed by atoms with van der Waals surface area (Å²) in [4.78, 5) is 11.8. The van der Waals surface area contributed by atoms with Crippen LogP contribution in [-0.4, -0.2) is 18.0 Å². The molecule has 1 unspecified atom stereocenters. The molecular weight excluding hydrogens is 236 g/mol. The molecule has 0 aliphatic rings. The lowest BCUT2D eigenvalue weighted by atomic mass is 10.1. The summed E-state index contributed by atoms with van der Waals surface area (Å²) in [6, 6.07) is 8.31. The van der Waals surface area contributed by atoms with Crippen molar-refractivity contribution in [3.05, 3.63) is 29.8 Å². The third-order valence-electron chi connectivity index (χ3n) is 2.98. The van der Waals surface area contributed by atoms with E-state index in [-0.39, 0.29) is 18.0 Å². The zero-order chi connectivity index (χ0) is 14.3. The van der Waals surface area contributed by atoms with Crippen LogP contribution in [0.1, 0.15) is 46.1 Å². The van der Waals surface area contributed by atoms with Crippen molar-refractivity contribution in [3.8, 4) is 0 Å². The summed E-state index contributed by atoms with van der Waals surface area (Å²) in [5, 5.41) is 6.12. The minimum Gasteiger partial charge on any atom is -0.374 e. The molecule has 3 heteroatoms. The van der Waals surface area contributed by atoms with Gasteiger partial charge in [0.2, 0.25) is 5.91 Å². The number of carbonyl (C=O) groups is 1. The number of anilines is 1. The molecule has 0 bridgehead atoms. The quantitative estimate of drug-likeness (QED) is 0.791. The van der Waals surface area contributed by atoms with Crippen molar-refractivity contribution >= 4 is 11.6 Å². The Morgan fingerprint density at radius 1 is 1.16 bits per heavy atom. The number of nitrogens with one attached hydrogen (secondary N) is 2. The second-order valence-electron chi connectivity index (χ2n) is 5.33. The van der Waals surface area contributed by atoms with Gasteiger partial charge >= 0.3 is 0 Å². The van der Waals surface area contributed by atoms with Crippen LogP contribution in [0.3, 0.4) is 0 Å². The third kappa shape index (κ3) is 5.77. The molecule has 0 spiro atoms. The first-order valence-corrected chi connectivity index (χ1v) is 7.18. The highest BCUT2D eigenvalue weighted by molar-refractivity contribution is 5.84. The highest BCUT2D eigenvalue weighted by Crippen LogP contribution is 2.12. The predicted octanol–water partition coefficient (Wildman–Crippen LogP) is 3.35. The van der Waals surface area contributed by atoms with E-state index in [4.69, 9.17) is 0 Å². The molecule has 0 fully saturated rings. The second kappa shape index (κ2) is 7.82. The topological polar surface area (TPSA) is 41.1 Å². The molecule has 1 rings (SSSR count). The second-order valence-corrected chi connectivity index (χ2v) is 5.33. The summed E-state index contributed by atoms with van der Waals surface area (Å²) in [5.41, 5.74) is 2.35. The Morgan fingerprint density at radius 3 is 2.32 bits per heavy atom. The van der Waals surface area contributed by atoms with Gasteiger partial charge in [-0.3, -0.25) is 4.79 Å². The molecule has 1 aromatic rings. The number of unbranched alkanes of at least 4 members (excludes halogenated alkanes) is 1. The van der Waals surface area contributed by atoms with E-state index in [1.807, 2.05) is 32.9 Å². The lowest BCUT2D eigenvalue weighted by Gasteiger charge is -2.17. The maximum Gasteiger partial charge on any atom is 0.242 e. The van der Waals surface area contributed by atoms with Crippen LogP contribution < -0.4 is 10.6 Å². The minimum atomic E-state index is -0.219. The molecule has 0 heterocycles. The van der Waals surface area contributed by atoms with Gasteiger partial charge in [-0.15, -0.1) is 0 Å². The molecule has 1 aromatic carbocycles. The molecule has 0 saturated carbocycles. The van der Waals surface area contributed by atoms with Gasteiger partial charge in [0.25, 0.3) is 0 Å². The molecule has 3 nitrogen and oxygen atoms in total. The highest BCUT2D eigenvalue weighted by Gasteiger charge is 2.12. The fourth-order valence-electron chi connectivity index (χ4n) is 1.87. The first kappa shape index (κ1) is 15.5. The summed E-state index contributed by atoms with van der Waals surface area (Å²) in [5.74, 6) is 0.0325. The molecule has 0 radical (unpaired) electrons. The van der Waals surface area contributed by atoms with E-state index in [0.29, 0.717) is 0 Å². The monoisotopic (exact) mass is 262 g/mol. The van der Waals surface area contributed by atoms with Gasteiger partial charge in [-0.05, 0) is 51.3 Å². The van der Waals surface area contributed by atoms with Gasteiger partial charge < -0.3 is 10.6 Å². The number of hydrogen-bond donors (Lipinski definition) is 2. The van der Waals surface area contributed by atoms with Crippen molar-refractivity contribution in [1.29, 1.82) is 0 Å². The van der Waals surface area contributed by atoms with E-state index in [0.717, 1.165) is 12.1 Å². The lowest BCUT2D eigenvalue weighted by Crippen LogP contribution is -2.40.